The van der Waals surface area contributed by atoms with E-state index < -0.39 is 0 Å². The molecule has 1 fully saturated rings. The van der Waals surface area contributed by atoms with Gasteiger partial charge in [-0.15, -0.1) is 12.4 Å². The number of rotatable bonds is 3. The van der Waals surface area contributed by atoms with E-state index in [1.165, 1.54) is 0 Å². The molecule has 12 heavy (non-hydrogen) atoms. The fraction of sp³-hybridized carbons (Fsp3) is 0.857. The maximum Gasteiger partial charge on any atom is 0.236 e. The Kier molecular flexibility index (Phi) is 5.20. The van der Waals surface area contributed by atoms with Gasteiger partial charge in [0.25, 0.3) is 0 Å². The van der Waals surface area contributed by atoms with Gasteiger partial charge in [-0.3, -0.25) is 4.79 Å². The highest BCUT2D eigenvalue weighted by Crippen LogP contribution is 1.99. The summed E-state index contributed by atoms with van der Waals surface area (Å²) in [5.74, 6) is 0.551. The van der Waals surface area contributed by atoms with Crippen molar-refractivity contribution in [2.45, 2.75) is 13.0 Å². The van der Waals surface area contributed by atoms with E-state index in [-0.39, 0.29) is 24.4 Å². The van der Waals surface area contributed by atoms with Crippen LogP contribution in [0, 0.1) is 5.92 Å². The van der Waals surface area contributed by atoms with Crippen LogP contribution in [0.2, 0.25) is 0 Å². The van der Waals surface area contributed by atoms with Crippen LogP contribution in [0.5, 0.6) is 0 Å². The van der Waals surface area contributed by atoms with E-state index in [9.17, 15) is 4.79 Å². The monoisotopic (exact) mass is 193 g/mol. The van der Waals surface area contributed by atoms with Crippen LogP contribution in [-0.2, 0) is 4.79 Å². The summed E-state index contributed by atoms with van der Waals surface area (Å²) in [5.41, 5.74) is 5.35. The quantitative estimate of drug-likeness (QED) is 0.544. The topological polar surface area (TPSA) is 67.2 Å². The molecule has 4 N–H and O–H groups in total. The molecule has 0 aromatic carbocycles. The van der Waals surface area contributed by atoms with Crippen LogP contribution in [0.1, 0.15) is 6.92 Å². The van der Waals surface area contributed by atoms with Crippen LogP contribution in [-0.4, -0.2) is 31.6 Å². The second kappa shape index (κ2) is 5.35. The first-order chi connectivity index (χ1) is 5.20. The number of amides is 1. The van der Waals surface area contributed by atoms with E-state index in [2.05, 4.69) is 10.6 Å². The van der Waals surface area contributed by atoms with Crippen molar-refractivity contribution in [3.63, 3.8) is 0 Å². The van der Waals surface area contributed by atoms with Crippen LogP contribution < -0.4 is 16.4 Å². The molecule has 1 aliphatic heterocycles. The van der Waals surface area contributed by atoms with Crippen LogP contribution >= 0.6 is 12.4 Å². The molecule has 0 unspecified atom stereocenters. The molecule has 1 heterocycles. The Balaban J connectivity index is 0.00000121. The van der Waals surface area contributed by atoms with Gasteiger partial charge in [0.1, 0.15) is 0 Å². The van der Waals surface area contributed by atoms with Crippen LogP contribution in [0.25, 0.3) is 0 Å². The van der Waals surface area contributed by atoms with Gasteiger partial charge in [-0.2, -0.15) is 0 Å². The molecule has 1 rings (SSSR count). The number of halogens is 1. The zero-order valence-electron chi connectivity index (χ0n) is 7.17. The summed E-state index contributed by atoms with van der Waals surface area (Å²) in [6.45, 7) is 4.47. The molecule has 0 radical (unpaired) electrons. The Bertz CT molecular complexity index is 148. The molecule has 0 aromatic rings. The summed E-state index contributed by atoms with van der Waals surface area (Å²) in [7, 11) is 0. The predicted molar refractivity (Wildman–Crippen MR) is 50.3 cm³/mol. The Labute approximate surface area is 78.7 Å². The summed E-state index contributed by atoms with van der Waals surface area (Å²) in [6, 6.07) is -0.386. The van der Waals surface area contributed by atoms with Gasteiger partial charge in [-0.05, 0) is 6.92 Å². The van der Waals surface area contributed by atoms with E-state index in [1.807, 2.05) is 0 Å². The maximum atomic E-state index is 10.9. The van der Waals surface area contributed by atoms with Gasteiger partial charge in [-0.25, -0.2) is 0 Å². The Morgan fingerprint density at radius 1 is 1.75 bits per heavy atom. The zero-order valence-corrected chi connectivity index (χ0v) is 7.99. The van der Waals surface area contributed by atoms with E-state index >= 15 is 0 Å². The van der Waals surface area contributed by atoms with Crippen molar-refractivity contribution in [2.75, 3.05) is 19.6 Å². The average Bonchev–Trinajstić information content (AvgIpc) is 1.83. The highest BCUT2D eigenvalue weighted by Gasteiger charge is 2.17. The molecule has 0 aromatic heterocycles. The number of carbonyl (C=O) groups excluding carboxylic acids is 1. The molecule has 4 nitrogen and oxygen atoms in total. The molecule has 0 spiro atoms. The minimum atomic E-state index is -0.386. The summed E-state index contributed by atoms with van der Waals surface area (Å²) in [5, 5.41) is 5.91. The molecule has 5 heteroatoms. The van der Waals surface area contributed by atoms with Gasteiger partial charge < -0.3 is 16.4 Å². The van der Waals surface area contributed by atoms with Crippen molar-refractivity contribution in [1.29, 1.82) is 0 Å². The molecule has 1 atom stereocenters. The standard InChI is InChI=1S/C7H15N3O.ClH/c1-5(8)7(11)10-4-6-2-9-3-6;/h5-6,9H,2-4,8H2,1H3,(H,10,11);1H/t5-;/m0./s1. The first-order valence-electron chi connectivity index (χ1n) is 3.94. The van der Waals surface area contributed by atoms with E-state index in [0.29, 0.717) is 5.92 Å². The molecular weight excluding hydrogens is 178 g/mol. The molecule has 72 valence electrons. The Hall–Kier alpha value is -0.320. The van der Waals surface area contributed by atoms with Gasteiger partial charge in [0, 0.05) is 25.6 Å². The highest BCUT2D eigenvalue weighted by atomic mass is 35.5. The first kappa shape index (κ1) is 11.7. The number of hydrogen-bond acceptors (Lipinski definition) is 3. The third-order valence-corrected chi connectivity index (χ3v) is 1.84. The molecule has 1 saturated heterocycles. The third kappa shape index (κ3) is 3.38. The summed E-state index contributed by atoms with van der Waals surface area (Å²) >= 11 is 0. The van der Waals surface area contributed by atoms with Crippen molar-refractivity contribution in [2.24, 2.45) is 11.7 Å². The largest absolute Gasteiger partial charge is 0.354 e. The maximum absolute atomic E-state index is 10.9. The SMILES string of the molecule is C[C@H](N)C(=O)NCC1CNC1.Cl. The average molecular weight is 194 g/mol. The van der Waals surface area contributed by atoms with Gasteiger partial charge in [0.15, 0.2) is 0 Å². The van der Waals surface area contributed by atoms with Crippen molar-refractivity contribution in [3.05, 3.63) is 0 Å². The van der Waals surface area contributed by atoms with Crippen molar-refractivity contribution < 1.29 is 4.79 Å². The van der Waals surface area contributed by atoms with E-state index in [4.69, 9.17) is 5.73 Å². The Morgan fingerprint density at radius 2 is 2.33 bits per heavy atom. The summed E-state index contributed by atoms with van der Waals surface area (Å²) < 4.78 is 0. The molecule has 0 saturated carbocycles. The van der Waals surface area contributed by atoms with E-state index in [1.54, 1.807) is 6.92 Å². The fourth-order valence-electron chi connectivity index (χ4n) is 0.899. The lowest BCUT2D eigenvalue weighted by Crippen LogP contribution is -2.50. The lowest BCUT2D eigenvalue weighted by molar-refractivity contribution is -0.122. The normalized spacial score (nSPS) is 18.8. The summed E-state index contributed by atoms with van der Waals surface area (Å²) in [6.07, 6.45) is 0. The van der Waals surface area contributed by atoms with Crippen LogP contribution in [0.4, 0.5) is 0 Å². The highest BCUT2D eigenvalue weighted by molar-refractivity contribution is 5.85. The summed E-state index contributed by atoms with van der Waals surface area (Å²) in [4.78, 5) is 10.9. The second-order valence-electron chi connectivity index (χ2n) is 3.06. The number of nitrogens with one attached hydrogen (secondary N) is 2. The van der Waals surface area contributed by atoms with Crippen molar-refractivity contribution in [3.8, 4) is 0 Å². The number of carbonyl (C=O) groups is 1. The molecule has 0 aliphatic carbocycles. The Morgan fingerprint density at radius 3 is 2.67 bits per heavy atom. The second-order valence-corrected chi connectivity index (χ2v) is 3.06. The minimum absolute atomic E-state index is 0. The minimum Gasteiger partial charge on any atom is -0.354 e. The van der Waals surface area contributed by atoms with Crippen LogP contribution in [0.3, 0.4) is 0 Å². The predicted octanol–water partition coefficient (Wildman–Crippen LogP) is -0.909. The van der Waals surface area contributed by atoms with Gasteiger partial charge in [0.2, 0.25) is 5.91 Å². The van der Waals surface area contributed by atoms with Gasteiger partial charge >= 0.3 is 0 Å². The molecule has 1 amide bonds. The molecule has 1 aliphatic rings. The smallest absolute Gasteiger partial charge is 0.236 e. The van der Waals surface area contributed by atoms with Crippen LogP contribution in [0.15, 0.2) is 0 Å². The molecule has 0 bridgehead atoms. The first-order valence-corrected chi connectivity index (χ1v) is 3.94. The lowest BCUT2D eigenvalue weighted by Gasteiger charge is -2.27. The number of hydrogen-bond donors (Lipinski definition) is 3. The zero-order chi connectivity index (χ0) is 8.27. The molecular formula is C7H16ClN3O. The van der Waals surface area contributed by atoms with Gasteiger partial charge in [-0.1, -0.05) is 0 Å². The van der Waals surface area contributed by atoms with Gasteiger partial charge in [0.05, 0.1) is 6.04 Å². The van der Waals surface area contributed by atoms with E-state index in [0.717, 1.165) is 19.6 Å². The van der Waals surface area contributed by atoms with Crippen molar-refractivity contribution >= 4 is 18.3 Å². The number of nitrogens with two attached hydrogens (primary N) is 1. The third-order valence-electron chi connectivity index (χ3n) is 1.84. The lowest BCUT2D eigenvalue weighted by atomic mass is 10.0. The fourth-order valence-corrected chi connectivity index (χ4v) is 0.899. The van der Waals surface area contributed by atoms with Crippen molar-refractivity contribution in [1.82, 2.24) is 10.6 Å².